The fourth-order valence-electron chi connectivity index (χ4n) is 3.12. The molecule has 2 aliphatic rings. The number of likely N-dealkylation sites (tertiary alicyclic amines) is 1. The molecule has 5 nitrogen and oxygen atoms in total. The first-order valence-electron chi connectivity index (χ1n) is 7.90. The van der Waals surface area contributed by atoms with Gasteiger partial charge in [-0.3, -0.25) is 9.59 Å². The molecule has 0 radical (unpaired) electrons. The van der Waals surface area contributed by atoms with E-state index >= 15 is 0 Å². The SMILES string of the molecule is CCOC(=O)[C@@H]1CCCN(C(=O)c2ccc3c(c2)CCO3)C1. The van der Waals surface area contributed by atoms with Crippen LogP contribution in [0, 0.1) is 5.92 Å². The van der Waals surface area contributed by atoms with Crippen LogP contribution in [0.4, 0.5) is 0 Å². The summed E-state index contributed by atoms with van der Waals surface area (Å²) in [6.07, 6.45) is 2.48. The number of piperidine rings is 1. The number of amides is 1. The molecule has 0 aromatic heterocycles. The second-order valence-corrected chi connectivity index (χ2v) is 5.76. The highest BCUT2D eigenvalue weighted by Crippen LogP contribution is 2.27. The summed E-state index contributed by atoms with van der Waals surface area (Å²) >= 11 is 0. The van der Waals surface area contributed by atoms with Crippen LogP contribution in [0.3, 0.4) is 0 Å². The van der Waals surface area contributed by atoms with E-state index in [9.17, 15) is 9.59 Å². The second kappa shape index (κ2) is 6.38. The third-order valence-electron chi connectivity index (χ3n) is 4.26. The Kier molecular flexibility index (Phi) is 4.32. The van der Waals surface area contributed by atoms with Gasteiger partial charge < -0.3 is 14.4 Å². The number of hydrogen-bond donors (Lipinski definition) is 0. The van der Waals surface area contributed by atoms with Gasteiger partial charge in [0, 0.05) is 25.1 Å². The monoisotopic (exact) mass is 303 g/mol. The van der Waals surface area contributed by atoms with Crippen LogP contribution in [0.15, 0.2) is 18.2 Å². The lowest BCUT2D eigenvalue weighted by atomic mass is 9.97. The molecular weight excluding hydrogens is 282 g/mol. The normalized spacial score (nSPS) is 20.2. The van der Waals surface area contributed by atoms with E-state index in [0.717, 1.165) is 30.6 Å². The Bertz CT molecular complexity index is 584. The molecule has 0 spiro atoms. The van der Waals surface area contributed by atoms with Gasteiger partial charge in [0.2, 0.25) is 0 Å². The van der Waals surface area contributed by atoms with Crippen molar-refractivity contribution in [2.75, 3.05) is 26.3 Å². The van der Waals surface area contributed by atoms with Crippen LogP contribution in [-0.4, -0.2) is 43.1 Å². The van der Waals surface area contributed by atoms with Crippen molar-refractivity contribution >= 4 is 11.9 Å². The molecule has 1 atom stereocenters. The molecule has 0 unspecified atom stereocenters. The van der Waals surface area contributed by atoms with E-state index < -0.39 is 0 Å². The number of esters is 1. The van der Waals surface area contributed by atoms with E-state index in [1.807, 2.05) is 12.1 Å². The van der Waals surface area contributed by atoms with Crippen LogP contribution in [-0.2, 0) is 16.0 Å². The van der Waals surface area contributed by atoms with Crippen molar-refractivity contribution in [3.63, 3.8) is 0 Å². The molecule has 0 saturated carbocycles. The molecule has 5 heteroatoms. The van der Waals surface area contributed by atoms with Crippen molar-refractivity contribution in [3.05, 3.63) is 29.3 Å². The van der Waals surface area contributed by atoms with Crippen LogP contribution < -0.4 is 4.74 Å². The highest BCUT2D eigenvalue weighted by Gasteiger charge is 2.30. The average Bonchev–Trinajstić information content (AvgIpc) is 3.02. The summed E-state index contributed by atoms with van der Waals surface area (Å²) in [6.45, 7) is 4.01. The van der Waals surface area contributed by atoms with Gasteiger partial charge in [-0.2, -0.15) is 0 Å². The molecular formula is C17H21NO4. The van der Waals surface area contributed by atoms with Gasteiger partial charge in [-0.1, -0.05) is 0 Å². The first-order valence-corrected chi connectivity index (χ1v) is 7.90. The Morgan fingerprint density at radius 3 is 3.09 bits per heavy atom. The van der Waals surface area contributed by atoms with Gasteiger partial charge in [-0.25, -0.2) is 0 Å². The van der Waals surface area contributed by atoms with Gasteiger partial charge >= 0.3 is 5.97 Å². The second-order valence-electron chi connectivity index (χ2n) is 5.76. The predicted octanol–water partition coefficient (Wildman–Crippen LogP) is 2.04. The number of rotatable bonds is 3. The molecule has 3 rings (SSSR count). The zero-order chi connectivity index (χ0) is 15.5. The fraction of sp³-hybridized carbons (Fsp3) is 0.529. The summed E-state index contributed by atoms with van der Waals surface area (Å²) in [5.41, 5.74) is 1.76. The molecule has 2 aliphatic heterocycles. The van der Waals surface area contributed by atoms with Gasteiger partial charge in [-0.15, -0.1) is 0 Å². The van der Waals surface area contributed by atoms with Gasteiger partial charge in [0.1, 0.15) is 5.75 Å². The van der Waals surface area contributed by atoms with Gasteiger partial charge in [-0.05, 0) is 43.5 Å². The van der Waals surface area contributed by atoms with E-state index in [0.29, 0.717) is 31.9 Å². The molecule has 1 aromatic rings. The Hall–Kier alpha value is -2.04. The van der Waals surface area contributed by atoms with E-state index in [-0.39, 0.29) is 17.8 Å². The summed E-state index contributed by atoms with van der Waals surface area (Å²) < 4.78 is 10.6. The molecule has 1 saturated heterocycles. The Balaban J connectivity index is 1.70. The molecule has 2 heterocycles. The summed E-state index contributed by atoms with van der Waals surface area (Å²) in [5.74, 6) is 0.473. The summed E-state index contributed by atoms with van der Waals surface area (Å²) in [4.78, 5) is 26.3. The van der Waals surface area contributed by atoms with E-state index in [1.54, 1.807) is 17.9 Å². The largest absolute Gasteiger partial charge is 0.493 e. The highest BCUT2D eigenvalue weighted by molar-refractivity contribution is 5.95. The fourth-order valence-corrected chi connectivity index (χ4v) is 3.12. The van der Waals surface area contributed by atoms with E-state index in [4.69, 9.17) is 9.47 Å². The molecule has 22 heavy (non-hydrogen) atoms. The lowest BCUT2D eigenvalue weighted by Gasteiger charge is -2.31. The standard InChI is InChI=1S/C17H21NO4/c1-2-21-17(20)14-4-3-8-18(11-14)16(19)13-5-6-15-12(10-13)7-9-22-15/h5-6,10,14H,2-4,7-9,11H2,1H3/t14-/m1/s1. The quantitative estimate of drug-likeness (QED) is 0.802. The van der Waals surface area contributed by atoms with E-state index in [1.165, 1.54) is 0 Å². The number of nitrogens with zero attached hydrogens (tertiary/aromatic N) is 1. The third kappa shape index (κ3) is 2.93. The number of carbonyl (C=O) groups is 2. The maximum Gasteiger partial charge on any atom is 0.310 e. The molecule has 0 aliphatic carbocycles. The molecule has 118 valence electrons. The Labute approximate surface area is 130 Å². The minimum absolute atomic E-state index is 0.0105. The predicted molar refractivity (Wildman–Crippen MR) is 80.9 cm³/mol. The molecule has 1 aromatic carbocycles. The van der Waals surface area contributed by atoms with Crippen LogP contribution >= 0.6 is 0 Å². The van der Waals surface area contributed by atoms with Crippen molar-refractivity contribution < 1.29 is 19.1 Å². The maximum atomic E-state index is 12.7. The van der Waals surface area contributed by atoms with Crippen LogP contribution in [0.1, 0.15) is 35.7 Å². The molecule has 1 fully saturated rings. The smallest absolute Gasteiger partial charge is 0.310 e. The first-order chi connectivity index (χ1) is 10.7. The minimum atomic E-state index is -0.199. The first kappa shape index (κ1) is 14.9. The Morgan fingerprint density at radius 2 is 2.27 bits per heavy atom. The van der Waals surface area contributed by atoms with E-state index in [2.05, 4.69) is 0 Å². The molecule has 0 N–H and O–H groups in total. The summed E-state index contributed by atoms with van der Waals surface area (Å²) in [6, 6.07) is 5.58. The number of ether oxygens (including phenoxy) is 2. The minimum Gasteiger partial charge on any atom is -0.493 e. The van der Waals surface area contributed by atoms with Crippen molar-refractivity contribution in [2.24, 2.45) is 5.92 Å². The van der Waals surface area contributed by atoms with Gasteiger partial charge in [0.15, 0.2) is 0 Å². The van der Waals surface area contributed by atoms with Crippen LogP contribution in [0.25, 0.3) is 0 Å². The van der Waals surface area contributed by atoms with Crippen LogP contribution in [0.5, 0.6) is 5.75 Å². The van der Waals surface area contributed by atoms with Crippen molar-refractivity contribution in [1.29, 1.82) is 0 Å². The van der Waals surface area contributed by atoms with Crippen molar-refractivity contribution in [1.82, 2.24) is 4.90 Å². The third-order valence-corrected chi connectivity index (χ3v) is 4.26. The number of fused-ring (bicyclic) bond motifs is 1. The average molecular weight is 303 g/mol. The molecule has 0 bridgehead atoms. The van der Waals surface area contributed by atoms with Gasteiger partial charge in [0.25, 0.3) is 5.91 Å². The summed E-state index contributed by atoms with van der Waals surface area (Å²) in [5, 5.41) is 0. The number of benzene rings is 1. The van der Waals surface area contributed by atoms with Crippen LogP contribution in [0.2, 0.25) is 0 Å². The zero-order valence-corrected chi connectivity index (χ0v) is 12.8. The highest BCUT2D eigenvalue weighted by atomic mass is 16.5. The number of carbonyl (C=O) groups excluding carboxylic acids is 2. The maximum absolute atomic E-state index is 12.7. The zero-order valence-electron chi connectivity index (χ0n) is 12.8. The number of hydrogen-bond acceptors (Lipinski definition) is 4. The summed E-state index contributed by atoms with van der Waals surface area (Å²) in [7, 11) is 0. The lowest BCUT2D eigenvalue weighted by Crippen LogP contribution is -2.42. The van der Waals surface area contributed by atoms with Crippen molar-refractivity contribution in [3.8, 4) is 5.75 Å². The van der Waals surface area contributed by atoms with Gasteiger partial charge in [0.05, 0.1) is 19.1 Å². The Morgan fingerprint density at radius 1 is 1.41 bits per heavy atom. The van der Waals surface area contributed by atoms with Crippen molar-refractivity contribution in [2.45, 2.75) is 26.2 Å². The molecule has 1 amide bonds. The lowest BCUT2D eigenvalue weighted by molar-refractivity contribution is -0.149. The topological polar surface area (TPSA) is 55.8 Å².